The van der Waals surface area contributed by atoms with Crippen molar-refractivity contribution in [2.45, 2.75) is 44.8 Å². The van der Waals surface area contributed by atoms with Crippen LogP contribution in [0.25, 0.3) is 0 Å². The van der Waals surface area contributed by atoms with E-state index >= 15 is 0 Å². The largest absolute Gasteiger partial charge is 0.381 e. The fourth-order valence-electron chi connectivity index (χ4n) is 2.49. The molecular weight excluding hydrogens is 244 g/mol. The molecule has 2 nitrogen and oxygen atoms in total. The van der Waals surface area contributed by atoms with E-state index in [1.807, 2.05) is 0 Å². The Labute approximate surface area is 94.5 Å². The van der Waals surface area contributed by atoms with Gasteiger partial charge in [0.25, 0.3) is 0 Å². The van der Waals surface area contributed by atoms with Gasteiger partial charge in [-0.25, -0.2) is 0 Å². The second-order valence-corrected chi connectivity index (χ2v) is 5.35. The molecular formula is C11H19BrO2. The second kappa shape index (κ2) is 4.50. The maximum absolute atomic E-state index is 5.87. The quantitative estimate of drug-likeness (QED) is 0.729. The average Bonchev–Trinajstić information content (AvgIpc) is 2.77. The molecule has 0 aromatic rings. The Balaban J connectivity index is 1.88. The molecule has 82 valence electrons. The van der Waals surface area contributed by atoms with Crippen LogP contribution < -0.4 is 0 Å². The van der Waals surface area contributed by atoms with Crippen molar-refractivity contribution in [2.75, 3.05) is 18.5 Å². The summed E-state index contributed by atoms with van der Waals surface area (Å²) >= 11 is 3.62. The smallest absolute Gasteiger partial charge is 0.0586 e. The van der Waals surface area contributed by atoms with E-state index in [0.717, 1.165) is 18.5 Å². The first-order valence-corrected chi connectivity index (χ1v) is 6.65. The van der Waals surface area contributed by atoms with Gasteiger partial charge in [0, 0.05) is 17.4 Å². The van der Waals surface area contributed by atoms with Gasteiger partial charge < -0.3 is 9.47 Å². The molecule has 14 heavy (non-hydrogen) atoms. The molecule has 0 amide bonds. The zero-order valence-corrected chi connectivity index (χ0v) is 10.4. The molecule has 2 fully saturated rings. The van der Waals surface area contributed by atoms with Crippen LogP contribution in [0, 0.1) is 5.41 Å². The molecule has 0 bridgehead atoms. The molecule has 0 aromatic carbocycles. The number of halogens is 1. The maximum Gasteiger partial charge on any atom is 0.0586 e. The van der Waals surface area contributed by atoms with Gasteiger partial charge in [-0.3, -0.25) is 0 Å². The highest BCUT2D eigenvalue weighted by molar-refractivity contribution is 9.09. The first kappa shape index (κ1) is 10.9. The lowest BCUT2D eigenvalue weighted by atomic mass is 9.83. The van der Waals surface area contributed by atoms with Crippen LogP contribution in [0.15, 0.2) is 0 Å². The van der Waals surface area contributed by atoms with Crippen LogP contribution in [0.2, 0.25) is 0 Å². The summed E-state index contributed by atoms with van der Waals surface area (Å²) in [4.78, 5) is 0. The van der Waals surface area contributed by atoms with Crippen LogP contribution in [-0.2, 0) is 9.47 Å². The molecule has 2 rings (SSSR count). The first-order valence-electron chi connectivity index (χ1n) is 5.53. The van der Waals surface area contributed by atoms with Crippen LogP contribution >= 0.6 is 15.9 Å². The SMILES string of the molecule is CC1CCC(CC2(CBr)CCOC2)O1. The molecule has 2 heterocycles. The molecule has 0 aliphatic carbocycles. The number of hydrogen-bond donors (Lipinski definition) is 0. The highest BCUT2D eigenvalue weighted by atomic mass is 79.9. The summed E-state index contributed by atoms with van der Waals surface area (Å²) in [5.74, 6) is 0. The van der Waals surface area contributed by atoms with E-state index in [2.05, 4.69) is 22.9 Å². The lowest BCUT2D eigenvalue weighted by Crippen LogP contribution is -2.28. The van der Waals surface area contributed by atoms with Gasteiger partial charge in [0.05, 0.1) is 18.8 Å². The van der Waals surface area contributed by atoms with Crippen LogP contribution in [-0.4, -0.2) is 30.8 Å². The zero-order chi connectivity index (χ0) is 10.0. The van der Waals surface area contributed by atoms with Crippen molar-refractivity contribution in [3.8, 4) is 0 Å². The Morgan fingerprint density at radius 1 is 1.43 bits per heavy atom. The Morgan fingerprint density at radius 3 is 2.79 bits per heavy atom. The van der Waals surface area contributed by atoms with E-state index in [4.69, 9.17) is 9.47 Å². The summed E-state index contributed by atoms with van der Waals surface area (Å²) in [6, 6.07) is 0. The molecule has 0 radical (unpaired) electrons. The summed E-state index contributed by atoms with van der Waals surface area (Å²) in [6.07, 6.45) is 5.76. The number of ether oxygens (including phenoxy) is 2. The number of alkyl halides is 1. The minimum atomic E-state index is 0.356. The molecule has 2 aliphatic rings. The highest BCUT2D eigenvalue weighted by Crippen LogP contribution is 2.38. The van der Waals surface area contributed by atoms with E-state index < -0.39 is 0 Å². The Kier molecular flexibility index (Phi) is 3.50. The fraction of sp³-hybridized carbons (Fsp3) is 1.00. The Hall–Kier alpha value is 0.400. The summed E-state index contributed by atoms with van der Waals surface area (Å²) < 4.78 is 11.4. The third-order valence-corrected chi connectivity index (χ3v) is 4.64. The lowest BCUT2D eigenvalue weighted by molar-refractivity contribution is 0.0234. The monoisotopic (exact) mass is 262 g/mol. The molecule has 2 saturated heterocycles. The predicted molar refractivity (Wildman–Crippen MR) is 59.8 cm³/mol. The molecule has 0 saturated carbocycles. The Morgan fingerprint density at radius 2 is 2.29 bits per heavy atom. The topological polar surface area (TPSA) is 18.5 Å². The van der Waals surface area contributed by atoms with Crippen molar-refractivity contribution in [1.29, 1.82) is 0 Å². The van der Waals surface area contributed by atoms with Gasteiger partial charge >= 0.3 is 0 Å². The Bertz CT molecular complexity index is 190. The van der Waals surface area contributed by atoms with E-state index in [0.29, 0.717) is 17.6 Å². The van der Waals surface area contributed by atoms with Crippen molar-refractivity contribution >= 4 is 15.9 Å². The normalized spacial score (nSPS) is 43.3. The van der Waals surface area contributed by atoms with Gasteiger partial charge in [-0.1, -0.05) is 15.9 Å². The third kappa shape index (κ3) is 2.31. The van der Waals surface area contributed by atoms with Crippen molar-refractivity contribution in [1.82, 2.24) is 0 Å². The van der Waals surface area contributed by atoms with Crippen LogP contribution in [0.5, 0.6) is 0 Å². The molecule has 0 aromatic heterocycles. The first-order chi connectivity index (χ1) is 6.74. The van der Waals surface area contributed by atoms with Gasteiger partial charge in [0.15, 0.2) is 0 Å². The number of hydrogen-bond acceptors (Lipinski definition) is 2. The summed E-state index contributed by atoms with van der Waals surface area (Å²) in [6.45, 7) is 4.01. The average molecular weight is 263 g/mol. The van der Waals surface area contributed by atoms with E-state index in [9.17, 15) is 0 Å². The van der Waals surface area contributed by atoms with E-state index in [-0.39, 0.29) is 0 Å². The summed E-state index contributed by atoms with van der Waals surface area (Å²) in [7, 11) is 0. The number of rotatable bonds is 3. The maximum atomic E-state index is 5.87. The van der Waals surface area contributed by atoms with E-state index in [1.54, 1.807) is 0 Å². The van der Waals surface area contributed by atoms with Crippen molar-refractivity contribution in [3.05, 3.63) is 0 Å². The highest BCUT2D eigenvalue weighted by Gasteiger charge is 2.38. The van der Waals surface area contributed by atoms with Crippen LogP contribution in [0.3, 0.4) is 0 Å². The van der Waals surface area contributed by atoms with Gasteiger partial charge in [0.2, 0.25) is 0 Å². The zero-order valence-electron chi connectivity index (χ0n) is 8.80. The van der Waals surface area contributed by atoms with Crippen molar-refractivity contribution < 1.29 is 9.47 Å². The van der Waals surface area contributed by atoms with Gasteiger partial charge in [0.1, 0.15) is 0 Å². The molecule has 3 unspecified atom stereocenters. The summed E-state index contributed by atoms with van der Waals surface area (Å²) in [5, 5.41) is 1.05. The van der Waals surface area contributed by atoms with Crippen LogP contribution in [0.1, 0.15) is 32.6 Å². The van der Waals surface area contributed by atoms with Gasteiger partial charge in [-0.2, -0.15) is 0 Å². The molecule has 2 aliphatic heterocycles. The summed E-state index contributed by atoms with van der Waals surface area (Å²) in [5.41, 5.74) is 0.356. The molecule has 0 spiro atoms. The molecule has 3 atom stereocenters. The molecule has 3 heteroatoms. The van der Waals surface area contributed by atoms with Crippen LogP contribution in [0.4, 0.5) is 0 Å². The minimum absolute atomic E-state index is 0.356. The predicted octanol–water partition coefficient (Wildman–Crippen LogP) is 2.75. The lowest BCUT2D eigenvalue weighted by Gasteiger charge is -2.27. The fourth-order valence-corrected chi connectivity index (χ4v) is 3.16. The second-order valence-electron chi connectivity index (χ2n) is 4.79. The van der Waals surface area contributed by atoms with E-state index in [1.165, 1.54) is 25.7 Å². The van der Waals surface area contributed by atoms with Gasteiger partial charge in [-0.05, 0) is 32.6 Å². The third-order valence-electron chi connectivity index (χ3n) is 3.45. The van der Waals surface area contributed by atoms with Crippen molar-refractivity contribution in [3.63, 3.8) is 0 Å². The standard InChI is InChI=1S/C11H19BrO2/c1-9-2-3-10(14-9)6-11(7-12)4-5-13-8-11/h9-10H,2-8H2,1H3. The molecule has 0 N–H and O–H groups in total. The minimum Gasteiger partial charge on any atom is -0.381 e. The van der Waals surface area contributed by atoms with Crippen molar-refractivity contribution in [2.24, 2.45) is 5.41 Å². The van der Waals surface area contributed by atoms with Gasteiger partial charge in [-0.15, -0.1) is 0 Å².